The highest BCUT2D eigenvalue weighted by Gasteiger charge is 2.34. The second-order valence-electron chi connectivity index (χ2n) is 5.42. The zero-order chi connectivity index (χ0) is 12.5. The van der Waals surface area contributed by atoms with E-state index in [2.05, 4.69) is 24.1 Å². The normalized spacial score (nSPS) is 23.8. The molecule has 2 nitrogen and oxygen atoms in total. The van der Waals surface area contributed by atoms with Crippen LogP contribution in [-0.2, 0) is 0 Å². The van der Waals surface area contributed by atoms with Crippen molar-refractivity contribution in [3.8, 4) is 0 Å². The van der Waals surface area contributed by atoms with Crippen molar-refractivity contribution < 1.29 is 4.39 Å². The third kappa shape index (κ3) is 2.60. The Morgan fingerprint density at radius 2 is 2.18 bits per heavy atom. The molecule has 2 rings (SSSR count). The highest BCUT2D eigenvalue weighted by Crippen LogP contribution is 2.32. The van der Waals surface area contributed by atoms with Crippen LogP contribution in [0.25, 0.3) is 0 Å². The molecule has 1 aromatic rings. The Labute approximate surface area is 103 Å². The highest BCUT2D eigenvalue weighted by molar-refractivity contribution is 5.49. The molecule has 1 saturated heterocycles. The molecule has 1 aliphatic heterocycles. The van der Waals surface area contributed by atoms with Crippen molar-refractivity contribution in [2.75, 3.05) is 18.5 Å². The van der Waals surface area contributed by atoms with Gasteiger partial charge in [0.2, 0.25) is 0 Å². The standard InChI is InChI=1S/C14H21FN2/c1-14(2)10-12(16-3)7-8-17(14)13-6-4-5-11(15)9-13/h4-6,9,12,16H,7-8,10H2,1-3H3. The molecule has 0 aromatic heterocycles. The third-order valence-electron chi connectivity index (χ3n) is 3.71. The molecule has 0 spiro atoms. The van der Waals surface area contributed by atoms with Crippen LogP contribution in [0.1, 0.15) is 26.7 Å². The van der Waals surface area contributed by atoms with E-state index in [4.69, 9.17) is 0 Å². The Hall–Kier alpha value is -1.09. The first-order chi connectivity index (χ1) is 8.03. The Kier molecular flexibility index (Phi) is 3.38. The van der Waals surface area contributed by atoms with Crippen molar-refractivity contribution in [3.63, 3.8) is 0 Å². The number of nitrogens with one attached hydrogen (secondary N) is 1. The lowest BCUT2D eigenvalue weighted by Gasteiger charge is -2.47. The summed E-state index contributed by atoms with van der Waals surface area (Å²) in [5, 5.41) is 3.34. The van der Waals surface area contributed by atoms with Crippen molar-refractivity contribution >= 4 is 5.69 Å². The van der Waals surface area contributed by atoms with E-state index < -0.39 is 0 Å². The molecule has 1 atom stereocenters. The highest BCUT2D eigenvalue weighted by atomic mass is 19.1. The number of hydrogen-bond donors (Lipinski definition) is 1. The van der Waals surface area contributed by atoms with Gasteiger partial charge >= 0.3 is 0 Å². The van der Waals surface area contributed by atoms with Gasteiger partial charge in [-0.3, -0.25) is 0 Å². The number of anilines is 1. The fourth-order valence-corrected chi connectivity index (χ4v) is 2.77. The topological polar surface area (TPSA) is 15.3 Å². The molecule has 1 fully saturated rings. The second kappa shape index (κ2) is 4.65. The van der Waals surface area contributed by atoms with Crippen LogP contribution in [0.15, 0.2) is 24.3 Å². The molecular formula is C14H21FN2. The fraction of sp³-hybridized carbons (Fsp3) is 0.571. The molecule has 3 heteroatoms. The van der Waals surface area contributed by atoms with Crippen molar-refractivity contribution in [2.45, 2.75) is 38.3 Å². The average molecular weight is 236 g/mol. The van der Waals surface area contributed by atoms with Gasteiger partial charge in [-0.15, -0.1) is 0 Å². The molecule has 1 heterocycles. The predicted molar refractivity (Wildman–Crippen MR) is 69.9 cm³/mol. The zero-order valence-corrected chi connectivity index (χ0v) is 10.8. The van der Waals surface area contributed by atoms with Gasteiger partial charge in [-0.2, -0.15) is 0 Å². The molecule has 17 heavy (non-hydrogen) atoms. The Balaban J connectivity index is 2.22. The fourth-order valence-electron chi connectivity index (χ4n) is 2.77. The maximum Gasteiger partial charge on any atom is 0.125 e. The monoisotopic (exact) mass is 236 g/mol. The van der Waals surface area contributed by atoms with E-state index in [1.54, 1.807) is 12.1 Å². The van der Waals surface area contributed by atoms with Gasteiger partial charge in [0.1, 0.15) is 5.82 Å². The van der Waals surface area contributed by atoms with E-state index in [0.29, 0.717) is 6.04 Å². The maximum atomic E-state index is 13.3. The minimum Gasteiger partial charge on any atom is -0.366 e. The van der Waals surface area contributed by atoms with Crippen LogP contribution < -0.4 is 10.2 Å². The third-order valence-corrected chi connectivity index (χ3v) is 3.71. The molecule has 1 aromatic carbocycles. The summed E-state index contributed by atoms with van der Waals surface area (Å²) in [6, 6.07) is 7.46. The van der Waals surface area contributed by atoms with Crippen LogP contribution in [0.4, 0.5) is 10.1 Å². The minimum absolute atomic E-state index is 0.0692. The van der Waals surface area contributed by atoms with Crippen LogP contribution >= 0.6 is 0 Å². The van der Waals surface area contributed by atoms with E-state index in [0.717, 1.165) is 25.1 Å². The van der Waals surface area contributed by atoms with E-state index in [1.807, 2.05) is 13.1 Å². The molecule has 1 aliphatic rings. The summed E-state index contributed by atoms with van der Waals surface area (Å²) < 4.78 is 13.3. The summed E-state index contributed by atoms with van der Waals surface area (Å²) in [6.45, 7) is 5.42. The number of halogens is 1. The first-order valence-electron chi connectivity index (χ1n) is 6.23. The van der Waals surface area contributed by atoms with Crippen LogP contribution in [-0.4, -0.2) is 25.2 Å². The van der Waals surface area contributed by atoms with Gasteiger partial charge in [-0.1, -0.05) is 6.07 Å². The van der Waals surface area contributed by atoms with Gasteiger partial charge in [0.15, 0.2) is 0 Å². The summed E-state index contributed by atoms with van der Waals surface area (Å²) in [4.78, 5) is 2.31. The molecule has 0 amide bonds. The quantitative estimate of drug-likeness (QED) is 0.849. The predicted octanol–water partition coefficient (Wildman–Crippen LogP) is 2.79. The lowest BCUT2D eigenvalue weighted by molar-refractivity contribution is 0.301. The summed E-state index contributed by atoms with van der Waals surface area (Å²) >= 11 is 0. The first kappa shape index (κ1) is 12.4. The molecule has 94 valence electrons. The molecule has 0 radical (unpaired) electrons. The van der Waals surface area contributed by atoms with E-state index >= 15 is 0 Å². The van der Waals surface area contributed by atoms with Gasteiger partial charge < -0.3 is 10.2 Å². The van der Waals surface area contributed by atoms with Crippen molar-refractivity contribution in [2.24, 2.45) is 0 Å². The summed E-state index contributed by atoms with van der Waals surface area (Å²) in [5.74, 6) is -0.158. The number of rotatable bonds is 2. The minimum atomic E-state index is -0.158. The van der Waals surface area contributed by atoms with Crippen LogP contribution in [0, 0.1) is 5.82 Å². The number of hydrogen-bond acceptors (Lipinski definition) is 2. The van der Waals surface area contributed by atoms with Gasteiger partial charge in [0.25, 0.3) is 0 Å². The molecule has 0 saturated carbocycles. The van der Waals surface area contributed by atoms with Crippen LogP contribution in [0.2, 0.25) is 0 Å². The SMILES string of the molecule is CNC1CCN(c2cccc(F)c2)C(C)(C)C1. The van der Waals surface area contributed by atoms with Gasteiger partial charge in [-0.05, 0) is 51.9 Å². The maximum absolute atomic E-state index is 13.3. The lowest BCUT2D eigenvalue weighted by atomic mass is 9.86. The van der Waals surface area contributed by atoms with Gasteiger partial charge in [-0.25, -0.2) is 4.39 Å². The van der Waals surface area contributed by atoms with E-state index in [9.17, 15) is 4.39 Å². The average Bonchev–Trinajstić information content (AvgIpc) is 2.27. The lowest BCUT2D eigenvalue weighted by Crippen LogP contribution is -2.54. The van der Waals surface area contributed by atoms with Gasteiger partial charge in [0.05, 0.1) is 0 Å². The van der Waals surface area contributed by atoms with Crippen molar-refractivity contribution in [1.29, 1.82) is 0 Å². The molecule has 0 bridgehead atoms. The number of nitrogens with zero attached hydrogens (tertiary/aromatic N) is 1. The Morgan fingerprint density at radius 1 is 1.41 bits per heavy atom. The van der Waals surface area contributed by atoms with E-state index in [1.165, 1.54) is 6.07 Å². The molecule has 1 N–H and O–H groups in total. The molecule has 0 aliphatic carbocycles. The second-order valence-corrected chi connectivity index (χ2v) is 5.42. The smallest absolute Gasteiger partial charge is 0.125 e. The summed E-state index contributed by atoms with van der Waals surface area (Å²) in [7, 11) is 2.01. The van der Waals surface area contributed by atoms with Crippen molar-refractivity contribution in [1.82, 2.24) is 5.32 Å². The van der Waals surface area contributed by atoms with Crippen LogP contribution in [0.5, 0.6) is 0 Å². The largest absolute Gasteiger partial charge is 0.366 e. The Bertz CT molecular complexity index is 390. The number of piperidine rings is 1. The summed E-state index contributed by atoms with van der Waals surface area (Å²) in [5.41, 5.74) is 1.06. The first-order valence-corrected chi connectivity index (χ1v) is 6.23. The van der Waals surface area contributed by atoms with E-state index in [-0.39, 0.29) is 11.4 Å². The zero-order valence-electron chi connectivity index (χ0n) is 10.8. The molecule has 1 unspecified atom stereocenters. The van der Waals surface area contributed by atoms with Gasteiger partial charge in [0, 0.05) is 23.8 Å². The Morgan fingerprint density at radius 3 is 2.76 bits per heavy atom. The van der Waals surface area contributed by atoms with Crippen LogP contribution in [0.3, 0.4) is 0 Å². The molecular weight excluding hydrogens is 215 g/mol. The van der Waals surface area contributed by atoms with Crippen molar-refractivity contribution in [3.05, 3.63) is 30.1 Å². The number of benzene rings is 1. The summed E-state index contributed by atoms with van der Waals surface area (Å²) in [6.07, 6.45) is 2.19.